The Morgan fingerprint density at radius 1 is 1.64 bits per heavy atom. The Morgan fingerprint density at radius 3 is 2.64 bits per heavy atom. The normalized spacial score (nSPS) is 30.7. The Bertz CT molecular complexity index is 177. The predicted octanol–water partition coefficient (Wildman–Crippen LogP) is 0.215. The molecule has 3 nitrogen and oxygen atoms in total. The smallest absolute Gasteiger partial charge is 0.242 e. The van der Waals surface area contributed by atoms with Crippen LogP contribution in [0.2, 0.25) is 0 Å². The highest BCUT2D eigenvalue weighted by Gasteiger charge is 2.36. The van der Waals surface area contributed by atoms with Gasteiger partial charge in [0.05, 0.1) is 5.54 Å². The van der Waals surface area contributed by atoms with E-state index in [1.807, 2.05) is 27.8 Å². The van der Waals surface area contributed by atoms with Crippen LogP contribution in [0.25, 0.3) is 0 Å². The van der Waals surface area contributed by atoms with E-state index >= 15 is 0 Å². The van der Waals surface area contributed by atoms with Gasteiger partial charge in [-0.05, 0) is 20.8 Å². The van der Waals surface area contributed by atoms with E-state index in [9.17, 15) is 4.79 Å². The zero-order chi connectivity index (χ0) is 8.65. The molecule has 1 rings (SSSR count). The molecule has 64 valence electrons. The van der Waals surface area contributed by atoms with Gasteiger partial charge in [-0.15, -0.1) is 0 Å². The van der Waals surface area contributed by atoms with E-state index in [-0.39, 0.29) is 11.4 Å². The number of hydrogen-bond donors (Lipinski definition) is 1. The molecule has 1 heterocycles. The quantitative estimate of drug-likeness (QED) is 0.544. The number of nitrogens with zero attached hydrogens (tertiary/aromatic N) is 1. The van der Waals surface area contributed by atoms with E-state index in [4.69, 9.17) is 0 Å². The molecule has 1 amide bonds. The Balaban J connectivity index is 2.76. The lowest BCUT2D eigenvalue weighted by atomic mass is 9.99. The van der Waals surface area contributed by atoms with Crippen LogP contribution < -0.4 is 5.32 Å². The van der Waals surface area contributed by atoms with Gasteiger partial charge in [-0.2, -0.15) is 0 Å². The second kappa shape index (κ2) is 2.48. The Kier molecular flexibility index (Phi) is 1.92. The van der Waals surface area contributed by atoms with Crippen LogP contribution in [-0.2, 0) is 4.79 Å². The van der Waals surface area contributed by atoms with Crippen molar-refractivity contribution in [3.8, 4) is 0 Å². The second-order valence-electron chi connectivity index (χ2n) is 3.77. The lowest BCUT2D eigenvalue weighted by Crippen LogP contribution is -2.63. The van der Waals surface area contributed by atoms with Crippen molar-refractivity contribution in [2.24, 2.45) is 0 Å². The molecule has 0 aromatic carbocycles. The highest BCUT2D eigenvalue weighted by molar-refractivity contribution is 5.86. The summed E-state index contributed by atoms with van der Waals surface area (Å²) in [7, 11) is 1.86. The minimum absolute atomic E-state index is 0.177. The first-order valence-electron chi connectivity index (χ1n) is 3.97. The molecule has 1 aliphatic rings. The first-order chi connectivity index (χ1) is 4.95. The number of likely N-dealkylation sites (N-methyl/N-ethyl adjacent to an activating group) is 1. The van der Waals surface area contributed by atoms with Gasteiger partial charge in [0.15, 0.2) is 0 Å². The van der Waals surface area contributed by atoms with Crippen LogP contribution in [0.1, 0.15) is 20.8 Å². The lowest BCUT2D eigenvalue weighted by Gasteiger charge is -2.40. The monoisotopic (exact) mass is 156 g/mol. The second-order valence-corrected chi connectivity index (χ2v) is 3.77. The highest BCUT2D eigenvalue weighted by atomic mass is 16.2. The first kappa shape index (κ1) is 8.53. The number of piperazine rings is 1. The Labute approximate surface area is 67.8 Å². The van der Waals surface area contributed by atoms with Gasteiger partial charge >= 0.3 is 0 Å². The van der Waals surface area contributed by atoms with Crippen LogP contribution in [-0.4, -0.2) is 36.0 Å². The van der Waals surface area contributed by atoms with Crippen molar-refractivity contribution in [3.05, 3.63) is 0 Å². The van der Waals surface area contributed by atoms with E-state index in [0.29, 0.717) is 6.04 Å². The summed E-state index contributed by atoms with van der Waals surface area (Å²) < 4.78 is 0. The topological polar surface area (TPSA) is 32.3 Å². The van der Waals surface area contributed by atoms with Crippen molar-refractivity contribution in [2.45, 2.75) is 32.4 Å². The van der Waals surface area contributed by atoms with E-state index in [1.165, 1.54) is 0 Å². The Morgan fingerprint density at radius 2 is 2.18 bits per heavy atom. The van der Waals surface area contributed by atoms with Crippen LogP contribution in [0.3, 0.4) is 0 Å². The molecule has 0 saturated carbocycles. The molecule has 0 radical (unpaired) electrons. The van der Waals surface area contributed by atoms with Crippen LogP contribution in [0, 0.1) is 0 Å². The molecule has 3 heteroatoms. The van der Waals surface area contributed by atoms with Gasteiger partial charge in [0.25, 0.3) is 0 Å². The summed E-state index contributed by atoms with van der Waals surface area (Å²) in [5, 5.41) is 3.20. The summed E-state index contributed by atoms with van der Waals surface area (Å²) in [5.41, 5.74) is -0.374. The van der Waals surface area contributed by atoms with Crippen molar-refractivity contribution in [1.29, 1.82) is 0 Å². The van der Waals surface area contributed by atoms with Gasteiger partial charge < -0.3 is 10.2 Å². The zero-order valence-corrected chi connectivity index (χ0v) is 7.64. The van der Waals surface area contributed by atoms with Gasteiger partial charge in [-0.25, -0.2) is 0 Å². The molecule has 1 atom stereocenters. The minimum atomic E-state index is -0.374. The summed E-state index contributed by atoms with van der Waals surface area (Å²) in [6, 6.07) is 0.315. The minimum Gasteiger partial charge on any atom is -0.340 e. The summed E-state index contributed by atoms with van der Waals surface area (Å²) >= 11 is 0. The summed E-state index contributed by atoms with van der Waals surface area (Å²) in [4.78, 5) is 13.3. The van der Waals surface area contributed by atoms with Crippen molar-refractivity contribution in [2.75, 3.05) is 13.6 Å². The average molecular weight is 156 g/mol. The Hall–Kier alpha value is -0.570. The zero-order valence-electron chi connectivity index (χ0n) is 7.64. The van der Waals surface area contributed by atoms with Gasteiger partial charge in [0.2, 0.25) is 5.91 Å². The van der Waals surface area contributed by atoms with Crippen molar-refractivity contribution >= 4 is 5.91 Å². The molecular weight excluding hydrogens is 140 g/mol. The van der Waals surface area contributed by atoms with Crippen molar-refractivity contribution in [3.63, 3.8) is 0 Å². The molecule has 0 bridgehead atoms. The van der Waals surface area contributed by atoms with Gasteiger partial charge in [-0.1, -0.05) is 0 Å². The SMILES string of the molecule is CC1CNC(C)(C)C(=O)N1C. The van der Waals surface area contributed by atoms with Crippen LogP contribution in [0.5, 0.6) is 0 Å². The molecule has 1 unspecified atom stereocenters. The fourth-order valence-corrected chi connectivity index (χ4v) is 1.26. The van der Waals surface area contributed by atoms with E-state index in [2.05, 4.69) is 5.32 Å². The number of carbonyl (C=O) groups excluding carboxylic acids is 1. The number of carbonyl (C=O) groups is 1. The largest absolute Gasteiger partial charge is 0.340 e. The fraction of sp³-hybridized carbons (Fsp3) is 0.875. The van der Waals surface area contributed by atoms with E-state index in [1.54, 1.807) is 4.90 Å². The summed E-state index contributed by atoms with van der Waals surface area (Å²) in [6.45, 7) is 6.75. The third kappa shape index (κ3) is 1.38. The van der Waals surface area contributed by atoms with E-state index in [0.717, 1.165) is 6.54 Å². The molecule has 1 aliphatic heterocycles. The van der Waals surface area contributed by atoms with Crippen molar-refractivity contribution < 1.29 is 4.79 Å². The van der Waals surface area contributed by atoms with Crippen LogP contribution in [0.4, 0.5) is 0 Å². The predicted molar refractivity (Wildman–Crippen MR) is 44.3 cm³/mol. The highest BCUT2D eigenvalue weighted by Crippen LogP contribution is 2.14. The van der Waals surface area contributed by atoms with Crippen LogP contribution in [0.15, 0.2) is 0 Å². The molecule has 0 aromatic heterocycles. The molecule has 0 spiro atoms. The van der Waals surface area contributed by atoms with E-state index < -0.39 is 0 Å². The van der Waals surface area contributed by atoms with Crippen molar-refractivity contribution in [1.82, 2.24) is 10.2 Å². The fourth-order valence-electron chi connectivity index (χ4n) is 1.26. The molecule has 1 N–H and O–H groups in total. The number of amides is 1. The third-order valence-electron chi connectivity index (χ3n) is 2.36. The molecule has 0 aromatic rings. The number of hydrogen-bond acceptors (Lipinski definition) is 2. The molecular formula is C8H16N2O. The first-order valence-corrected chi connectivity index (χ1v) is 3.97. The molecule has 1 fully saturated rings. The number of rotatable bonds is 0. The van der Waals surface area contributed by atoms with Gasteiger partial charge in [-0.3, -0.25) is 4.79 Å². The molecule has 1 saturated heterocycles. The van der Waals surface area contributed by atoms with Gasteiger partial charge in [0, 0.05) is 19.6 Å². The van der Waals surface area contributed by atoms with Gasteiger partial charge in [0.1, 0.15) is 0 Å². The number of nitrogens with one attached hydrogen (secondary N) is 1. The maximum atomic E-state index is 11.5. The summed E-state index contributed by atoms with van der Waals surface area (Å²) in [5.74, 6) is 0.177. The van der Waals surface area contributed by atoms with Crippen LogP contribution >= 0.6 is 0 Å². The molecule has 0 aliphatic carbocycles. The summed E-state index contributed by atoms with van der Waals surface area (Å²) in [6.07, 6.45) is 0. The average Bonchev–Trinajstić information content (AvgIpc) is 1.95. The third-order valence-corrected chi connectivity index (χ3v) is 2.36. The maximum Gasteiger partial charge on any atom is 0.242 e. The lowest BCUT2D eigenvalue weighted by molar-refractivity contribution is -0.140. The maximum absolute atomic E-state index is 11.5. The standard InChI is InChI=1S/C8H16N2O/c1-6-5-9-8(2,3)7(11)10(6)4/h6,9H,5H2,1-4H3. The molecule has 11 heavy (non-hydrogen) atoms.